The lowest BCUT2D eigenvalue weighted by atomic mass is 9.99. The molecule has 0 amide bonds. The molecule has 4 heteroatoms. The zero-order chi connectivity index (χ0) is 12.8. The van der Waals surface area contributed by atoms with Crippen molar-refractivity contribution in [2.24, 2.45) is 5.92 Å². The highest BCUT2D eigenvalue weighted by Crippen LogP contribution is 2.23. The molecular weight excluding hydrogens is 226 g/mol. The van der Waals surface area contributed by atoms with Crippen LogP contribution in [0.1, 0.15) is 44.0 Å². The molecule has 0 aliphatic carbocycles. The van der Waals surface area contributed by atoms with Gasteiger partial charge < -0.3 is 10.1 Å². The van der Waals surface area contributed by atoms with E-state index in [0.29, 0.717) is 11.8 Å². The zero-order valence-electron chi connectivity index (χ0n) is 11.4. The van der Waals surface area contributed by atoms with Gasteiger partial charge in [-0.25, -0.2) is 9.97 Å². The molecule has 0 atom stereocenters. The molecule has 0 radical (unpaired) electrons. The van der Waals surface area contributed by atoms with Crippen LogP contribution in [0.4, 0.5) is 0 Å². The standard InChI is InChI=1S/C14H23N3O/c1-11(2)7-15-8-12-9-16-14(17-10-12)13-3-5-18-6-4-13/h9-11,13,15H,3-8H2,1-2H3. The fraction of sp³-hybridized carbons (Fsp3) is 0.714. The van der Waals surface area contributed by atoms with E-state index in [1.807, 2.05) is 12.4 Å². The van der Waals surface area contributed by atoms with Crippen molar-refractivity contribution in [1.29, 1.82) is 0 Å². The van der Waals surface area contributed by atoms with Gasteiger partial charge in [0, 0.05) is 43.6 Å². The summed E-state index contributed by atoms with van der Waals surface area (Å²) in [6.45, 7) is 7.97. The largest absolute Gasteiger partial charge is 0.381 e. The predicted octanol–water partition coefficient (Wildman–Crippen LogP) is 2.12. The highest BCUT2D eigenvalue weighted by Gasteiger charge is 2.18. The van der Waals surface area contributed by atoms with Gasteiger partial charge in [-0.15, -0.1) is 0 Å². The first kappa shape index (κ1) is 13.4. The maximum atomic E-state index is 5.35. The summed E-state index contributed by atoms with van der Waals surface area (Å²) in [6, 6.07) is 0. The van der Waals surface area contributed by atoms with Gasteiger partial charge in [-0.3, -0.25) is 0 Å². The van der Waals surface area contributed by atoms with Crippen molar-refractivity contribution >= 4 is 0 Å². The lowest BCUT2D eigenvalue weighted by Crippen LogP contribution is -2.20. The van der Waals surface area contributed by atoms with Crippen molar-refractivity contribution in [3.63, 3.8) is 0 Å². The quantitative estimate of drug-likeness (QED) is 0.868. The number of hydrogen-bond acceptors (Lipinski definition) is 4. The molecule has 18 heavy (non-hydrogen) atoms. The smallest absolute Gasteiger partial charge is 0.131 e. The summed E-state index contributed by atoms with van der Waals surface area (Å²) in [4.78, 5) is 8.99. The molecule has 1 saturated heterocycles. The maximum absolute atomic E-state index is 5.35. The van der Waals surface area contributed by atoms with Gasteiger partial charge in [0.25, 0.3) is 0 Å². The summed E-state index contributed by atoms with van der Waals surface area (Å²) >= 11 is 0. The van der Waals surface area contributed by atoms with Crippen LogP contribution in [0.5, 0.6) is 0 Å². The predicted molar refractivity (Wildman–Crippen MR) is 71.4 cm³/mol. The normalized spacial score (nSPS) is 17.3. The highest BCUT2D eigenvalue weighted by molar-refractivity contribution is 5.07. The number of rotatable bonds is 5. The Labute approximate surface area is 109 Å². The lowest BCUT2D eigenvalue weighted by Gasteiger charge is -2.20. The van der Waals surface area contributed by atoms with E-state index in [-0.39, 0.29) is 0 Å². The van der Waals surface area contributed by atoms with Crippen LogP contribution in [0.25, 0.3) is 0 Å². The van der Waals surface area contributed by atoms with Crippen LogP contribution in [0.15, 0.2) is 12.4 Å². The monoisotopic (exact) mass is 249 g/mol. The number of nitrogens with zero attached hydrogens (tertiary/aromatic N) is 2. The molecule has 0 bridgehead atoms. The lowest BCUT2D eigenvalue weighted by molar-refractivity contribution is 0.0835. The SMILES string of the molecule is CC(C)CNCc1cnc(C2CCOCC2)nc1. The van der Waals surface area contributed by atoms with E-state index in [4.69, 9.17) is 4.74 Å². The Morgan fingerprint density at radius 3 is 2.56 bits per heavy atom. The van der Waals surface area contributed by atoms with E-state index < -0.39 is 0 Å². The van der Waals surface area contributed by atoms with E-state index in [0.717, 1.165) is 50.5 Å². The van der Waals surface area contributed by atoms with Gasteiger partial charge in [0.2, 0.25) is 0 Å². The Kier molecular flexibility index (Phi) is 5.08. The Hall–Kier alpha value is -1.00. The first-order valence-corrected chi connectivity index (χ1v) is 6.85. The second-order valence-electron chi connectivity index (χ2n) is 5.36. The Balaban J connectivity index is 1.84. The fourth-order valence-corrected chi connectivity index (χ4v) is 2.13. The first-order chi connectivity index (χ1) is 8.75. The second-order valence-corrected chi connectivity index (χ2v) is 5.36. The van der Waals surface area contributed by atoms with Crippen molar-refractivity contribution in [2.45, 2.75) is 39.2 Å². The van der Waals surface area contributed by atoms with Crippen LogP contribution in [0, 0.1) is 5.92 Å². The number of nitrogens with one attached hydrogen (secondary N) is 1. The third kappa shape index (κ3) is 4.03. The van der Waals surface area contributed by atoms with Crippen LogP contribution in [0.2, 0.25) is 0 Å². The first-order valence-electron chi connectivity index (χ1n) is 6.85. The van der Waals surface area contributed by atoms with E-state index in [9.17, 15) is 0 Å². The van der Waals surface area contributed by atoms with Crippen LogP contribution in [-0.2, 0) is 11.3 Å². The molecule has 100 valence electrons. The summed E-state index contributed by atoms with van der Waals surface area (Å²) < 4.78 is 5.35. The highest BCUT2D eigenvalue weighted by atomic mass is 16.5. The summed E-state index contributed by atoms with van der Waals surface area (Å²) in [5.74, 6) is 2.13. The molecule has 1 aliphatic rings. The van der Waals surface area contributed by atoms with Gasteiger partial charge in [0.15, 0.2) is 0 Å². The van der Waals surface area contributed by atoms with Crippen molar-refractivity contribution in [3.8, 4) is 0 Å². The molecule has 0 unspecified atom stereocenters. The molecular formula is C14H23N3O. The molecule has 1 fully saturated rings. The molecule has 1 aromatic heterocycles. The van der Waals surface area contributed by atoms with Gasteiger partial charge >= 0.3 is 0 Å². The second kappa shape index (κ2) is 6.81. The molecule has 0 saturated carbocycles. The van der Waals surface area contributed by atoms with E-state index in [1.165, 1.54) is 0 Å². The minimum Gasteiger partial charge on any atom is -0.381 e. The minimum absolute atomic E-state index is 0.483. The van der Waals surface area contributed by atoms with Crippen LogP contribution in [-0.4, -0.2) is 29.7 Å². The number of aromatic nitrogens is 2. The van der Waals surface area contributed by atoms with Crippen LogP contribution >= 0.6 is 0 Å². The van der Waals surface area contributed by atoms with Gasteiger partial charge in [-0.1, -0.05) is 13.8 Å². The zero-order valence-corrected chi connectivity index (χ0v) is 11.4. The topological polar surface area (TPSA) is 47.0 Å². The molecule has 0 aromatic carbocycles. The minimum atomic E-state index is 0.483. The Morgan fingerprint density at radius 1 is 1.28 bits per heavy atom. The summed E-state index contributed by atoms with van der Waals surface area (Å²) in [7, 11) is 0. The van der Waals surface area contributed by atoms with Crippen LogP contribution < -0.4 is 5.32 Å². The van der Waals surface area contributed by atoms with E-state index in [2.05, 4.69) is 29.1 Å². The molecule has 1 aliphatic heterocycles. The Morgan fingerprint density at radius 2 is 1.94 bits per heavy atom. The van der Waals surface area contributed by atoms with Crippen molar-refractivity contribution in [2.75, 3.05) is 19.8 Å². The molecule has 4 nitrogen and oxygen atoms in total. The average molecular weight is 249 g/mol. The van der Waals surface area contributed by atoms with Gasteiger partial charge in [0.05, 0.1) is 0 Å². The van der Waals surface area contributed by atoms with E-state index in [1.54, 1.807) is 0 Å². The molecule has 2 heterocycles. The van der Waals surface area contributed by atoms with Crippen molar-refractivity contribution < 1.29 is 4.74 Å². The maximum Gasteiger partial charge on any atom is 0.131 e. The summed E-state index contributed by atoms with van der Waals surface area (Å²) in [6.07, 6.45) is 5.99. The molecule has 2 rings (SSSR count). The third-order valence-electron chi connectivity index (χ3n) is 3.19. The fourth-order valence-electron chi connectivity index (χ4n) is 2.13. The number of ether oxygens (including phenoxy) is 1. The Bertz CT molecular complexity index is 345. The van der Waals surface area contributed by atoms with Crippen molar-refractivity contribution in [3.05, 3.63) is 23.8 Å². The molecule has 1 aromatic rings. The van der Waals surface area contributed by atoms with Gasteiger partial charge in [-0.2, -0.15) is 0 Å². The van der Waals surface area contributed by atoms with Gasteiger partial charge in [0.1, 0.15) is 5.82 Å². The van der Waals surface area contributed by atoms with Crippen LogP contribution in [0.3, 0.4) is 0 Å². The molecule has 1 N–H and O–H groups in total. The third-order valence-corrected chi connectivity index (χ3v) is 3.19. The van der Waals surface area contributed by atoms with Crippen molar-refractivity contribution in [1.82, 2.24) is 15.3 Å². The van der Waals surface area contributed by atoms with E-state index >= 15 is 0 Å². The summed E-state index contributed by atoms with van der Waals surface area (Å²) in [5, 5.41) is 3.40. The molecule has 0 spiro atoms. The number of hydrogen-bond donors (Lipinski definition) is 1. The summed E-state index contributed by atoms with van der Waals surface area (Å²) in [5.41, 5.74) is 1.16. The van der Waals surface area contributed by atoms with Gasteiger partial charge in [-0.05, 0) is 25.3 Å². The average Bonchev–Trinajstić information content (AvgIpc) is 2.40.